The molecular formula is C15H6F15NO5. The number of alkyl halides is 15. The van der Waals surface area contributed by atoms with E-state index in [0.717, 1.165) is 0 Å². The van der Waals surface area contributed by atoms with Gasteiger partial charge in [0.15, 0.2) is 6.10 Å². The summed E-state index contributed by atoms with van der Waals surface area (Å²) in [6.07, 6.45) is -42.8. The van der Waals surface area contributed by atoms with Crippen LogP contribution in [0.5, 0.6) is 0 Å². The lowest BCUT2D eigenvalue weighted by atomic mass is 9.76. The number of esters is 1. The third-order valence-electron chi connectivity index (χ3n) is 4.48. The number of nitrogens with zero attached hydrogens (tertiary/aromatic N) is 1. The summed E-state index contributed by atoms with van der Waals surface area (Å²) in [7, 11) is 0. The summed E-state index contributed by atoms with van der Waals surface area (Å²) in [4.78, 5) is 20.8. The van der Waals surface area contributed by atoms with E-state index in [9.17, 15) is 80.8 Å². The minimum absolute atomic E-state index is 0.0935. The maximum Gasteiger partial charge on any atom is 0.437 e. The first-order valence-corrected chi connectivity index (χ1v) is 8.19. The highest BCUT2D eigenvalue weighted by Crippen LogP contribution is 2.66. The van der Waals surface area contributed by atoms with Crippen LogP contribution in [0.4, 0.5) is 71.5 Å². The van der Waals surface area contributed by atoms with Gasteiger partial charge in [-0.15, -0.1) is 0 Å². The van der Waals surface area contributed by atoms with E-state index in [1.807, 2.05) is 0 Å². The molecule has 1 aromatic rings. The van der Waals surface area contributed by atoms with Crippen LogP contribution in [0.25, 0.3) is 0 Å². The molecule has 1 rings (SSSR count). The maximum atomic E-state index is 13.5. The van der Waals surface area contributed by atoms with Crippen molar-refractivity contribution in [3.63, 3.8) is 0 Å². The molecule has 36 heavy (non-hydrogen) atoms. The van der Waals surface area contributed by atoms with E-state index in [2.05, 4.69) is 4.74 Å². The van der Waals surface area contributed by atoms with Crippen molar-refractivity contribution in [1.82, 2.24) is 0 Å². The van der Waals surface area contributed by atoms with Gasteiger partial charge in [-0.3, -0.25) is 10.1 Å². The molecule has 0 radical (unpaired) electrons. The molecule has 206 valence electrons. The van der Waals surface area contributed by atoms with Crippen molar-refractivity contribution < 1.29 is 85.4 Å². The summed E-state index contributed by atoms with van der Waals surface area (Å²) in [5.41, 5.74) is -17.8. The molecule has 0 saturated carbocycles. The van der Waals surface area contributed by atoms with Crippen LogP contribution in [-0.4, -0.2) is 52.5 Å². The van der Waals surface area contributed by atoms with Crippen molar-refractivity contribution in [2.45, 2.75) is 42.6 Å². The molecule has 0 heterocycles. The molecule has 6 nitrogen and oxygen atoms in total. The normalized spacial score (nSPS) is 15.4. The van der Waals surface area contributed by atoms with Crippen molar-refractivity contribution in [3.05, 3.63) is 39.9 Å². The van der Waals surface area contributed by atoms with Gasteiger partial charge in [0.2, 0.25) is 0 Å². The third kappa shape index (κ3) is 4.83. The van der Waals surface area contributed by atoms with Gasteiger partial charge in [0.05, 0.1) is 4.92 Å². The molecule has 0 saturated heterocycles. The second kappa shape index (κ2) is 8.83. The highest BCUT2D eigenvalue weighted by atomic mass is 19.4. The molecule has 1 atom stereocenters. The number of nitro benzene ring substituents is 1. The molecule has 21 heteroatoms. The third-order valence-corrected chi connectivity index (χ3v) is 4.48. The van der Waals surface area contributed by atoms with Gasteiger partial charge in [0.1, 0.15) is 0 Å². The fraction of sp³-hybridized carbons (Fsp3) is 0.533. The van der Waals surface area contributed by atoms with Crippen LogP contribution in [0.15, 0.2) is 24.3 Å². The first kappa shape index (κ1) is 31.0. The second-order valence-corrected chi connectivity index (χ2v) is 6.64. The zero-order chi connectivity index (χ0) is 28.9. The van der Waals surface area contributed by atoms with Crippen LogP contribution < -0.4 is 0 Å². The number of halogens is 15. The Balaban J connectivity index is 4.13. The first-order valence-electron chi connectivity index (χ1n) is 8.19. The molecule has 0 fully saturated rings. The number of non-ortho nitro benzene ring substituents is 1. The van der Waals surface area contributed by atoms with Crippen LogP contribution in [-0.2, 0) is 9.53 Å². The summed E-state index contributed by atoms with van der Waals surface area (Å²) in [6, 6.07) is -0.948. The first-order chi connectivity index (χ1) is 15.7. The van der Waals surface area contributed by atoms with Gasteiger partial charge in [-0.25, -0.2) is 4.79 Å². The van der Waals surface area contributed by atoms with Gasteiger partial charge in [0.25, 0.3) is 11.1 Å². The molecule has 1 aromatic carbocycles. The number of hydrogen-bond donors (Lipinski definition) is 1. The zero-order valence-corrected chi connectivity index (χ0v) is 16.1. The Morgan fingerprint density at radius 3 is 1.31 bits per heavy atom. The van der Waals surface area contributed by atoms with Crippen LogP contribution in [0.2, 0.25) is 0 Å². The van der Waals surface area contributed by atoms with E-state index < -0.39 is 70.1 Å². The van der Waals surface area contributed by atoms with Gasteiger partial charge in [-0.2, -0.15) is 65.9 Å². The zero-order valence-electron chi connectivity index (χ0n) is 16.1. The SMILES string of the molecule is O=C(OC(c1ccc([N+](=O)[O-])cc1)C(C(F)(F)F)(C(F)(F)F)C(F)(F)F)C(O)(C(F)(F)F)C(F)(F)F. The fourth-order valence-electron chi connectivity index (χ4n) is 2.69. The number of aliphatic hydroxyl groups is 1. The molecule has 0 bridgehead atoms. The lowest BCUT2D eigenvalue weighted by Crippen LogP contribution is -2.66. The molecule has 0 amide bonds. The number of carbonyl (C=O) groups is 1. The number of carbonyl (C=O) groups excluding carboxylic acids is 1. The van der Waals surface area contributed by atoms with Crippen LogP contribution in [0.1, 0.15) is 11.7 Å². The Bertz CT molecular complexity index is 922. The number of benzene rings is 1. The molecule has 0 aliphatic heterocycles. The number of rotatable bonds is 5. The number of ether oxygens (including phenoxy) is 1. The lowest BCUT2D eigenvalue weighted by molar-refractivity contribution is -0.451. The quantitative estimate of drug-likeness (QED) is 0.214. The van der Waals surface area contributed by atoms with Crippen molar-refractivity contribution in [2.75, 3.05) is 0 Å². The molecule has 0 aromatic heterocycles. The maximum absolute atomic E-state index is 13.5. The number of nitro groups is 1. The van der Waals surface area contributed by atoms with Crippen molar-refractivity contribution in [3.8, 4) is 0 Å². The molecule has 1 N–H and O–H groups in total. The average molecular weight is 565 g/mol. The van der Waals surface area contributed by atoms with Gasteiger partial charge in [-0.1, -0.05) is 0 Å². The minimum atomic E-state index is -7.69. The minimum Gasteiger partial charge on any atom is -0.453 e. The molecule has 1 unspecified atom stereocenters. The predicted molar refractivity (Wildman–Crippen MR) is 79.6 cm³/mol. The molecular weight excluding hydrogens is 559 g/mol. The van der Waals surface area contributed by atoms with Crippen LogP contribution >= 0.6 is 0 Å². The van der Waals surface area contributed by atoms with Gasteiger partial charge in [-0.05, 0) is 17.7 Å². The van der Waals surface area contributed by atoms with Crippen LogP contribution in [0.3, 0.4) is 0 Å². The highest BCUT2D eigenvalue weighted by Gasteiger charge is 2.88. The number of hydrogen-bond acceptors (Lipinski definition) is 5. The van der Waals surface area contributed by atoms with E-state index in [4.69, 9.17) is 5.11 Å². The molecule has 0 aliphatic carbocycles. The van der Waals surface area contributed by atoms with E-state index in [1.165, 1.54) is 0 Å². The van der Waals surface area contributed by atoms with Crippen LogP contribution in [0, 0.1) is 15.5 Å². The lowest BCUT2D eigenvalue weighted by Gasteiger charge is -2.44. The fourth-order valence-corrected chi connectivity index (χ4v) is 2.69. The van der Waals surface area contributed by atoms with Crippen molar-refractivity contribution >= 4 is 11.7 Å². The Morgan fingerprint density at radius 1 is 0.722 bits per heavy atom. The monoisotopic (exact) mass is 565 g/mol. The van der Waals surface area contributed by atoms with Gasteiger partial charge < -0.3 is 9.84 Å². The Labute approximate surface area is 186 Å². The Kier molecular flexibility index (Phi) is 7.61. The van der Waals surface area contributed by atoms with Crippen molar-refractivity contribution in [2.24, 2.45) is 5.41 Å². The van der Waals surface area contributed by atoms with Gasteiger partial charge >= 0.3 is 42.5 Å². The highest BCUT2D eigenvalue weighted by molar-refractivity contribution is 5.82. The molecule has 0 spiro atoms. The van der Waals surface area contributed by atoms with E-state index >= 15 is 0 Å². The standard InChI is InChI=1S/C15H6F15NO5/c16-11(17,18)9(12(19,20)21,13(22,23)24)7(5-1-3-6(4-2-5)31(34)35)36-8(32)10(33,14(25,26)27)15(28,29)30/h1-4,7,33H. The van der Waals surface area contributed by atoms with E-state index in [-0.39, 0.29) is 24.3 Å². The topological polar surface area (TPSA) is 89.7 Å². The Hall–Kier alpha value is -3.00. The molecule has 0 aliphatic rings. The van der Waals surface area contributed by atoms with Crippen molar-refractivity contribution in [1.29, 1.82) is 0 Å². The summed E-state index contributed by atoms with van der Waals surface area (Å²) >= 11 is 0. The van der Waals surface area contributed by atoms with E-state index in [0.29, 0.717) is 0 Å². The second-order valence-electron chi connectivity index (χ2n) is 6.64. The summed E-state index contributed by atoms with van der Waals surface area (Å²) in [5.74, 6) is -4.44. The summed E-state index contributed by atoms with van der Waals surface area (Å²) in [6.45, 7) is 0. The predicted octanol–water partition coefficient (Wildman–Crippen LogP) is 5.71. The summed E-state index contributed by atoms with van der Waals surface area (Å²) < 4.78 is 201. The Morgan fingerprint density at radius 2 is 1.06 bits per heavy atom. The van der Waals surface area contributed by atoms with E-state index in [1.54, 1.807) is 0 Å². The largest absolute Gasteiger partial charge is 0.453 e. The van der Waals surface area contributed by atoms with Gasteiger partial charge in [0, 0.05) is 12.1 Å². The smallest absolute Gasteiger partial charge is 0.437 e. The summed E-state index contributed by atoms with van der Waals surface area (Å²) in [5, 5.41) is 19.5. The average Bonchev–Trinajstić information content (AvgIpc) is 2.61.